The predicted octanol–water partition coefficient (Wildman–Crippen LogP) is 10.4. The van der Waals surface area contributed by atoms with Crippen LogP contribution in [-0.2, 0) is 0 Å². The van der Waals surface area contributed by atoms with Gasteiger partial charge in [0.05, 0.1) is 61.9 Å². The first-order valence-electron chi connectivity index (χ1n) is 24.1. The first-order valence-corrected chi connectivity index (χ1v) is 13.6. The summed E-state index contributed by atoms with van der Waals surface area (Å²) in [4.78, 5) is 4.35. The molecule has 45 heavy (non-hydrogen) atoms. The third-order valence-electron chi connectivity index (χ3n) is 7.73. The average Bonchev–Trinajstić information content (AvgIpc) is 3.98. The van der Waals surface area contributed by atoms with Gasteiger partial charge in [0, 0.05) is 55.9 Å². The molecule has 0 atom stereocenters. The molecule has 10 rings (SSSR count). The van der Waals surface area contributed by atoms with Gasteiger partial charge in [-0.15, -0.1) is 0 Å². The maximum absolute atomic E-state index is 9.93. The van der Waals surface area contributed by atoms with E-state index < -0.39 is 171 Å². The van der Waals surface area contributed by atoms with Gasteiger partial charge in [-0.05, 0) is 54.4 Å². The zero-order valence-electron chi connectivity index (χ0n) is 43.7. The summed E-state index contributed by atoms with van der Waals surface area (Å²) in [6.45, 7) is 0. The molecule has 0 aliphatic rings. The molecule has 0 aliphatic carbocycles. The minimum Gasteiger partial charge on any atom is -0.309 e. The highest BCUT2D eigenvalue weighted by atomic mass is 15.1. The molecule has 4 nitrogen and oxygen atoms in total. The van der Waals surface area contributed by atoms with Crippen molar-refractivity contribution in [2.75, 3.05) is 0 Å². The molecule has 0 bridgehead atoms. The number of fused-ring (bicyclic) bond motifs is 9. The van der Waals surface area contributed by atoms with Gasteiger partial charge < -0.3 is 9.13 Å². The van der Waals surface area contributed by atoms with Crippen LogP contribution in [0.2, 0.25) is 0 Å². The van der Waals surface area contributed by atoms with Crippen LogP contribution >= 0.6 is 0 Å². The Morgan fingerprint density at radius 2 is 0.889 bits per heavy atom. The highest BCUT2D eigenvalue weighted by Gasteiger charge is 2.19. The van der Waals surface area contributed by atoms with E-state index in [1.54, 1.807) is 30.3 Å². The van der Waals surface area contributed by atoms with Gasteiger partial charge in [-0.3, -0.25) is 4.57 Å². The van der Waals surface area contributed by atoms with E-state index in [2.05, 4.69) is 4.98 Å². The van der Waals surface area contributed by atoms with Gasteiger partial charge in [-0.25, -0.2) is 4.98 Å². The van der Waals surface area contributed by atoms with E-state index in [1.807, 2.05) is 0 Å². The third kappa shape index (κ3) is 3.39. The number of aromatic nitrogens is 4. The molecule has 4 heteroatoms. The van der Waals surface area contributed by atoms with Crippen molar-refractivity contribution in [3.63, 3.8) is 0 Å². The largest absolute Gasteiger partial charge is 0.309 e. The van der Waals surface area contributed by atoms with Gasteiger partial charge in [-0.1, -0.05) is 90.7 Å². The first-order chi connectivity index (χ1) is 31.1. The van der Waals surface area contributed by atoms with Crippen LogP contribution in [0.4, 0.5) is 0 Å². The summed E-state index contributed by atoms with van der Waals surface area (Å²) in [6, 6.07) is -6.27. The summed E-state index contributed by atoms with van der Waals surface area (Å²) in [5.41, 5.74) is -2.59. The highest BCUT2D eigenvalue weighted by Crippen LogP contribution is 2.38. The molecule has 0 radical (unpaired) electrons. The van der Waals surface area contributed by atoms with Crippen LogP contribution in [0.3, 0.4) is 0 Å². The Morgan fingerprint density at radius 3 is 1.51 bits per heavy atom. The van der Waals surface area contributed by atoms with E-state index in [0.29, 0.717) is 5.69 Å². The second-order valence-corrected chi connectivity index (χ2v) is 10.1. The maximum atomic E-state index is 9.93. The molecule has 0 fully saturated rings. The van der Waals surface area contributed by atoms with E-state index in [9.17, 15) is 8.22 Å². The molecular weight excluding hydrogens is 548 g/mol. The summed E-state index contributed by atoms with van der Waals surface area (Å²) >= 11 is 0. The van der Waals surface area contributed by atoms with Crippen LogP contribution < -0.4 is 0 Å². The summed E-state index contributed by atoms with van der Waals surface area (Å²) in [5, 5.41) is -2.07. The van der Waals surface area contributed by atoms with E-state index in [1.165, 1.54) is 4.57 Å². The zero-order valence-corrected chi connectivity index (χ0v) is 22.7. The first kappa shape index (κ1) is 11.8. The monoisotopic (exact) mass is 595 g/mol. The molecule has 0 aliphatic heterocycles. The van der Waals surface area contributed by atoms with E-state index in [-0.39, 0.29) is 32.6 Å². The van der Waals surface area contributed by atoms with Gasteiger partial charge in [0.1, 0.15) is 5.82 Å². The lowest BCUT2D eigenvalue weighted by atomic mass is 10.1. The van der Waals surface area contributed by atoms with Crippen molar-refractivity contribution < 1.29 is 28.8 Å². The van der Waals surface area contributed by atoms with Crippen molar-refractivity contribution in [1.82, 2.24) is 18.7 Å². The quantitative estimate of drug-likeness (QED) is 0.200. The second-order valence-electron chi connectivity index (χ2n) is 10.1. The summed E-state index contributed by atoms with van der Waals surface area (Å²) in [7, 11) is 0. The van der Waals surface area contributed by atoms with Crippen molar-refractivity contribution in [3.8, 4) is 17.2 Å². The number of hydrogen-bond donors (Lipinski definition) is 0. The molecule has 0 N–H and O–H groups in total. The molecular formula is C41H26N4. The van der Waals surface area contributed by atoms with Gasteiger partial charge in [0.25, 0.3) is 0 Å². The number of nitrogens with zero attached hydrogens (tertiary/aromatic N) is 4. The lowest BCUT2D eigenvalue weighted by Crippen LogP contribution is -1.99. The van der Waals surface area contributed by atoms with E-state index >= 15 is 0 Å². The maximum Gasteiger partial charge on any atom is 0.139 e. The molecule has 0 saturated carbocycles. The van der Waals surface area contributed by atoms with Gasteiger partial charge in [-0.2, -0.15) is 0 Å². The molecule has 0 spiro atoms. The topological polar surface area (TPSA) is 27.7 Å². The van der Waals surface area contributed by atoms with Crippen molar-refractivity contribution in [2.24, 2.45) is 0 Å². The standard InChI is InChI=1S/C41H26N4/c1-2-12-27(13-3-1)43-35-18-8-6-16-31(35)33-24-28(22-23-39(33)43)44-36-19-9-7-17-32(36)34-26-42-41(25-40(34)44)45-37-20-10-4-14-29(37)30-15-5-11-21-38(30)45/h1-26H/i4D,5D,6D,7D,8D,9D,10D,11D,14D,15D,16D,17D,18D,19D,20D,21D,22D,23D,24D,25D,26D. The summed E-state index contributed by atoms with van der Waals surface area (Å²) in [5.74, 6) is -0.679. The number of pyridine rings is 1. The van der Waals surface area contributed by atoms with Crippen molar-refractivity contribution in [2.45, 2.75) is 0 Å². The Morgan fingerprint density at radius 1 is 0.400 bits per heavy atom. The molecule has 210 valence electrons. The van der Waals surface area contributed by atoms with Crippen LogP contribution in [0, 0.1) is 0 Å². The predicted molar refractivity (Wildman–Crippen MR) is 187 cm³/mol. The van der Waals surface area contributed by atoms with Crippen LogP contribution in [0.25, 0.3) is 82.6 Å². The normalized spacial score (nSPS) is 18.5. The van der Waals surface area contributed by atoms with Crippen LogP contribution in [0.5, 0.6) is 0 Å². The number of para-hydroxylation sites is 5. The smallest absolute Gasteiger partial charge is 0.139 e. The second kappa shape index (κ2) is 9.18. The van der Waals surface area contributed by atoms with Crippen LogP contribution in [-0.4, -0.2) is 18.7 Å². The lowest BCUT2D eigenvalue weighted by molar-refractivity contribution is 1.08. The van der Waals surface area contributed by atoms with Gasteiger partial charge in [0.2, 0.25) is 0 Å². The van der Waals surface area contributed by atoms with Crippen molar-refractivity contribution >= 4 is 65.4 Å². The van der Waals surface area contributed by atoms with Crippen molar-refractivity contribution in [3.05, 3.63) is 157 Å². The minimum atomic E-state index is -0.813. The Labute approximate surface area is 288 Å². The number of benzene rings is 6. The Hall–Kier alpha value is -6.13. The molecule has 6 aromatic carbocycles. The van der Waals surface area contributed by atoms with Gasteiger partial charge in [0.15, 0.2) is 0 Å². The van der Waals surface area contributed by atoms with Crippen LogP contribution in [0.15, 0.2) is 157 Å². The Balaban J connectivity index is 1.49. The van der Waals surface area contributed by atoms with E-state index in [4.69, 9.17) is 20.6 Å². The molecule has 4 heterocycles. The minimum absolute atomic E-state index is 0.147. The van der Waals surface area contributed by atoms with Crippen LogP contribution in [0.1, 0.15) is 28.8 Å². The average molecular weight is 596 g/mol. The van der Waals surface area contributed by atoms with E-state index in [0.717, 1.165) is 9.13 Å². The van der Waals surface area contributed by atoms with Gasteiger partial charge >= 0.3 is 0 Å². The molecule has 10 aromatic rings. The zero-order chi connectivity index (χ0) is 47.8. The lowest BCUT2D eigenvalue weighted by Gasteiger charge is -2.11. The number of hydrogen-bond acceptors (Lipinski definition) is 1. The fraction of sp³-hybridized carbons (Fsp3) is 0. The van der Waals surface area contributed by atoms with Crippen molar-refractivity contribution in [1.29, 1.82) is 0 Å². The highest BCUT2D eigenvalue weighted by molar-refractivity contribution is 6.13. The molecule has 4 aromatic heterocycles. The third-order valence-corrected chi connectivity index (χ3v) is 7.73. The Bertz CT molecular complexity index is 3870. The molecule has 0 saturated heterocycles. The fourth-order valence-corrected chi connectivity index (χ4v) is 5.88. The SMILES string of the molecule is [2H]c1c([2H])c([2H])c2c(c1[2H])c1c([2H])c(-n3c4c([2H])c(-n5c6c([2H])c([2H])c([2H])c([2H])c6c6c([2H])c([2H])c([2H])c([2H])c65)nc([2H])c4c4c([2H])c([2H])c([2H])c([2H])c43)c([2H])c([2H])c1n2-c1ccccc1. The Kier molecular flexibility index (Phi) is 2.40. The fourth-order valence-electron chi connectivity index (χ4n) is 5.88. The number of rotatable bonds is 3. The molecule has 0 amide bonds. The summed E-state index contributed by atoms with van der Waals surface area (Å²) in [6.07, 6.45) is -0.804. The molecule has 0 unspecified atom stereocenters. The summed E-state index contributed by atoms with van der Waals surface area (Å²) < 4.78 is 192.